The van der Waals surface area contributed by atoms with Gasteiger partial charge in [-0.3, -0.25) is 4.79 Å². The van der Waals surface area contributed by atoms with Gasteiger partial charge in [-0.15, -0.1) is 0 Å². The molecule has 1 amide bonds. The van der Waals surface area contributed by atoms with Crippen molar-refractivity contribution >= 4 is 17.7 Å². The second-order valence-corrected chi connectivity index (χ2v) is 4.09. The molecule has 0 saturated carbocycles. The minimum absolute atomic E-state index is 0.434. The predicted molar refractivity (Wildman–Crippen MR) is 63.2 cm³/mol. The molecule has 1 aromatic rings. The third-order valence-corrected chi connectivity index (χ3v) is 2.24. The number of anilines is 2. The second kappa shape index (κ2) is 4.34. The fourth-order valence-electron chi connectivity index (χ4n) is 1.05. The Morgan fingerprint density at radius 1 is 1.50 bits per heavy atom. The Bertz CT molecular complexity index is 402. The van der Waals surface area contributed by atoms with Crippen molar-refractivity contribution < 1.29 is 4.79 Å². The van der Waals surface area contributed by atoms with E-state index in [1.165, 1.54) is 0 Å². The van der Waals surface area contributed by atoms with E-state index in [2.05, 4.69) is 20.6 Å². The summed E-state index contributed by atoms with van der Waals surface area (Å²) >= 11 is 0. The van der Waals surface area contributed by atoms with Crippen LogP contribution in [0.1, 0.15) is 19.4 Å². The molecule has 0 aromatic carbocycles. The van der Waals surface area contributed by atoms with Crippen LogP contribution in [-0.4, -0.2) is 28.5 Å². The molecule has 0 unspecified atom stereocenters. The Balaban J connectivity index is 3.00. The maximum atomic E-state index is 11.2. The Morgan fingerprint density at radius 2 is 2.12 bits per heavy atom. The van der Waals surface area contributed by atoms with E-state index in [-0.39, 0.29) is 0 Å². The van der Waals surface area contributed by atoms with Crippen molar-refractivity contribution in [2.24, 2.45) is 5.73 Å². The average molecular weight is 223 g/mol. The van der Waals surface area contributed by atoms with Gasteiger partial charge in [-0.05, 0) is 20.8 Å². The number of nitrogens with one attached hydrogen (secondary N) is 2. The van der Waals surface area contributed by atoms with E-state index >= 15 is 0 Å². The van der Waals surface area contributed by atoms with Crippen LogP contribution in [0, 0.1) is 6.92 Å². The summed E-state index contributed by atoms with van der Waals surface area (Å²) in [5.41, 5.74) is 5.29. The monoisotopic (exact) mass is 223 g/mol. The van der Waals surface area contributed by atoms with E-state index in [0.29, 0.717) is 11.8 Å². The number of hydrogen-bond acceptors (Lipinski definition) is 5. The topological polar surface area (TPSA) is 92.9 Å². The van der Waals surface area contributed by atoms with Gasteiger partial charge in [-0.2, -0.15) is 4.98 Å². The van der Waals surface area contributed by atoms with Crippen molar-refractivity contribution in [3.63, 3.8) is 0 Å². The minimum atomic E-state index is -0.843. The molecule has 6 nitrogen and oxygen atoms in total. The third-order valence-electron chi connectivity index (χ3n) is 2.24. The van der Waals surface area contributed by atoms with Crippen molar-refractivity contribution in [2.45, 2.75) is 26.3 Å². The zero-order chi connectivity index (χ0) is 12.3. The number of aromatic nitrogens is 2. The van der Waals surface area contributed by atoms with Crippen LogP contribution in [0.2, 0.25) is 0 Å². The zero-order valence-electron chi connectivity index (χ0n) is 9.96. The number of nitrogens with two attached hydrogens (primary N) is 1. The average Bonchev–Trinajstić information content (AvgIpc) is 2.21. The summed E-state index contributed by atoms with van der Waals surface area (Å²) in [6, 6.07) is 0. The van der Waals surface area contributed by atoms with Gasteiger partial charge in [0.05, 0.1) is 0 Å². The molecule has 0 aliphatic rings. The first-order chi connectivity index (χ1) is 7.36. The lowest BCUT2D eigenvalue weighted by atomic mass is 10.1. The smallest absolute Gasteiger partial charge is 0.242 e. The molecule has 0 radical (unpaired) electrons. The molecule has 0 aliphatic heterocycles. The van der Waals surface area contributed by atoms with Crippen molar-refractivity contribution in [3.8, 4) is 0 Å². The van der Waals surface area contributed by atoms with Crippen LogP contribution in [0.5, 0.6) is 0 Å². The Hall–Kier alpha value is -1.85. The molecule has 0 aliphatic carbocycles. The highest BCUT2D eigenvalue weighted by Crippen LogP contribution is 2.17. The number of primary amides is 1. The Labute approximate surface area is 94.7 Å². The maximum absolute atomic E-state index is 11.2. The maximum Gasteiger partial charge on any atom is 0.242 e. The SMILES string of the molecule is CNc1ncc(C)c(NC(C)(C)C(N)=O)n1. The van der Waals surface area contributed by atoms with E-state index in [1.54, 1.807) is 27.1 Å². The van der Waals surface area contributed by atoms with Crippen LogP contribution in [0.15, 0.2) is 6.20 Å². The molecule has 0 atom stereocenters. The van der Waals surface area contributed by atoms with Crippen LogP contribution in [0.3, 0.4) is 0 Å². The zero-order valence-corrected chi connectivity index (χ0v) is 9.96. The van der Waals surface area contributed by atoms with E-state index < -0.39 is 11.4 Å². The molecule has 0 spiro atoms. The summed E-state index contributed by atoms with van der Waals surface area (Å²) in [5, 5.41) is 5.83. The first-order valence-corrected chi connectivity index (χ1v) is 4.96. The molecular weight excluding hydrogens is 206 g/mol. The van der Waals surface area contributed by atoms with Gasteiger partial charge in [-0.1, -0.05) is 0 Å². The lowest BCUT2D eigenvalue weighted by molar-refractivity contribution is -0.121. The fraction of sp³-hybridized carbons (Fsp3) is 0.500. The molecule has 4 N–H and O–H groups in total. The number of hydrogen-bond donors (Lipinski definition) is 3. The predicted octanol–water partition coefficient (Wildman–Crippen LogP) is 0.503. The lowest BCUT2D eigenvalue weighted by Gasteiger charge is -2.23. The first-order valence-electron chi connectivity index (χ1n) is 4.96. The van der Waals surface area contributed by atoms with Gasteiger partial charge in [0, 0.05) is 18.8 Å². The molecule has 1 heterocycles. The molecule has 1 aromatic heterocycles. The molecule has 0 saturated heterocycles. The summed E-state index contributed by atoms with van der Waals surface area (Å²) in [6.45, 7) is 5.27. The van der Waals surface area contributed by atoms with Gasteiger partial charge < -0.3 is 16.4 Å². The molecule has 0 bridgehead atoms. The molecule has 6 heteroatoms. The van der Waals surface area contributed by atoms with Gasteiger partial charge in [0.2, 0.25) is 11.9 Å². The molecule has 1 rings (SSSR count). The molecule has 0 fully saturated rings. The van der Waals surface area contributed by atoms with Gasteiger partial charge in [0.1, 0.15) is 11.4 Å². The van der Waals surface area contributed by atoms with Gasteiger partial charge >= 0.3 is 0 Å². The van der Waals surface area contributed by atoms with Crippen LogP contribution < -0.4 is 16.4 Å². The number of aryl methyl sites for hydroxylation is 1. The van der Waals surface area contributed by atoms with Crippen molar-refractivity contribution in [3.05, 3.63) is 11.8 Å². The van der Waals surface area contributed by atoms with E-state index in [1.807, 2.05) is 6.92 Å². The van der Waals surface area contributed by atoms with Crippen molar-refractivity contribution in [2.75, 3.05) is 17.7 Å². The van der Waals surface area contributed by atoms with Gasteiger partial charge in [0.15, 0.2) is 0 Å². The number of nitrogens with zero attached hydrogens (tertiary/aromatic N) is 2. The van der Waals surface area contributed by atoms with Crippen LogP contribution in [0.25, 0.3) is 0 Å². The number of rotatable bonds is 4. The summed E-state index contributed by atoms with van der Waals surface area (Å²) in [5.74, 6) is 0.660. The van der Waals surface area contributed by atoms with Crippen LogP contribution in [0.4, 0.5) is 11.8 Å². The quantitative estimate of drug-likeness (QED) is 0.691. The van der Waals surface area contributed by atoms with Gasteiger partial charge in [0.25, 0.3) is 0 Å². The van der Waals surface area contributed by atoms with E-state index in [4.69, 9.17) is 5.73 Å². The summed E-state index contributed by atoms with van der Waals surface area (Å²) in [4.78, 5) is 19.5. The number of carbonyl (C=O) groups excluding carboxylic acids is 1. The number of carbonyl (C=O) groups is 1. The lowest BCUT2D eigenvalue weighted by Crippen LogP contribution is -2.45. The molecule has 16 heavy (non-hydrogen) atoms. The normalized spacial score (nSPS) is 11.0. The second-order valence-electron chi connectivity index (χ2n) is 4.09. The first kappa shape index (κ1) is 12.2. The van der Waals surface area contributed by atoms with Crippen LogP contribution >= 0.6 is 0 Å². The van der Waals surface area contributed by atoms with Crippen molar-refractivity contribution in [1.82, 2.24) is 9.97 Å². The highest BCUT2D eigenvalue weighted by Gasteiger charge is 2.25. The Morgan fingerprint density at radius 3 is 2.62 bits per heavy atom. The number of amides is 1. The highest BCUT2D eigenvalue weighted by molar-refractivity contribution is 5.86. The molecule has 88 valence electrons. The van der Waals surface area contributed by atoms with E-state index in [9.17, 15) is 4.79 Å². The van der Waals surface area contributed by atoms with Crippen LogP contribution in [-0.2, 0) is 4.79 Å². The van der Waals surface area contributed by atoms with E-state index in [0.717, 1.165) is 5.56 Å². The van der Waals surface area contributed by atoms with Crippen molar-refractivity contribution in [1.29, 1.82) is 0 Å². The minimum Gasteiger partial charge on any atom is -0.368 e. The third kappa shape index (κ3) is 2.59. The fourth-order valence-corrected chi connectivity index (χ4v) is 1.05. The standard InChI is InChI=1S/C10H17N5O/c1-6-5-13-9(12-4)14-7(6)15-10(2,3)8(11)16/h5H,1-4H3,(H2,11,16)(H2,12,13,14,15). The highest BCUT2D eigenvalue weighted by atomic mass is 16.1. The summed E-state index contributed by atoms with van der Waals surface area (Å²) in [6.07, 6.45) is 1.68. The summed E-state index contributed by atoms with van der Waals surface area (Å²) in [7, 11) is 1.73. The van der Waals surface area contributed by atoms with Gasteiger partial charge in [-0.25, -0.2) is 4.98 Å². The molecular formula is C10H17N5O. The summed E-state index contributed by atoms with van der Waals surface area (Å²) < 4.78 is 0. The Kier molecular flexibility index (Phi) is 3.31. The largest absolute Gasteiger partial charge is 0.368 e.